The highest BCUT2D eigenvalue weighted by atomic mass is 15.2. The van der Waals surface area contributed by atoms with Gasteiger partial charge in [-0.15, -0.1) is 0 Å². The molecule has 104 valence electrons. The van der Waals surface area contributed by atoms with Crippen molar-refractivity contribution in [3.8, 4) is 0 Å². The van der Waals surface area contributed by atoms with Crippen LogP contribution in [0.5, 0.6) is 0 Å². The van der Waals surface area contributed by atoms with Crippen LogP contribution in [0.25, 0.3) is 0 Å². The highest BCUT2D eigenvalue weighted by molar-refractivity contribution is 4.91. The van der Waals surface area contributed by atoms with E-state index in [4.69, 9.17) is 5.73 Å². The Kier molecular flexibility index (Phi) is 6.67. The monoisotopic (exact) mass is 243 g/mol. The summed E-state index contributed by atoms with van der Waals surface area (Å²) in [5.74, 6) is 0. The molecule has 0 aromatic rings. The van der Waals surface area contributed by atoms with Crippen molar-refractivity contribution in [2.45, 2.75) is 59.7 Å². The second-order valence-corrected chi connectivity index (χ2v) is 6.61. The summed E-state index contributed by atoms with van der Waals surface area (Å²) in [6, 6.07) is 1.15. The second kappa shape index (κ2) is 6.72. The zero-order valence-electron chi connectivity index (χ0n) is 13.1. The summed E-state index contributed by atoms with van der Waals surface area (Å²) in [6.45, 7) is 15.6. The summed E-state index contributed by atoms with van der Waals surface area (Å²) in [5.41, 5.74) is 6.43. The summed E-state index contributed by atoms with van der Waals surface area (Å²) < 4.78 is 0. The minimum atomic E-state index is 0.194. The molecule has 0 amide bonds. The van der Waals surface area contributed by atoms with E-state index >= 15 is 0 Å². The van der Waals surface area contributed by atoms with E-state index in [-0.39, 0.29) is 11.5 Å². The molecule has 0 radical (unpaired) electrons. The fourth-order valence-corrected chi connectivity index (χ4v) is 3.00. The van der Waals surface area contributed by atoms with Gasteiger partial charge in [-0.2, -0.15) is 0 Å². The first-order valence-corrected chi connectivity index (χ1v) is 6.77. The topological polar surface area (TPSA) is 32.5 Å². The van der Waals surface area contributed by atoms with Crippen molar-refractivity contribution in [1.82, 2.24) is 9.80 Å². The predicted molar refractivity (Wildman–Crippen MR) is 77.3 cm³/mol. The Morgan fingerprint density at radius 3 is 1.82 bits per heavy atom. The third-order valence-electron chi connectivity index (χ3n) is 3.30. The molecule has 0 aromatic heterocycles. The zero-order valence-corrected chi connectivity index (χ0v) is 13.1. The fourth-order valence-electron chi connectivity index (χ4n) is 3.00. The molecular formula is C14H33N3. The summed E-state index contributed by atoms with van der Waals surface area (Å²) in [7, 11) is 4.25. The summed E-state index contributed by atoms with van der Waals surface area (Å²) in [5, 5.41) is 0. The quantitative estimate of drug-likeness (QED) is 0.775. The fraction of sp³-hybridized carbons (Fsp3) is 1.00. The lowest BCUT2D eigenvalue weighted by Crippen LogP contribution is -2.57. The van der Waals surface area contributed by atoms with Gasteiger partial charge in [0.25, 0.3) is 0 Å². The largest absolute Gasteiger partial charge is 0.327 e. The highest BCUT2D eigenvalue weighted by Gasteiger charge is 2.34. The number of hydrogen-bond donors (Lipinski definition) is 1. The van der Waals surface area contributed by atoms with Gasteiger partial charge in [-0.05, 0) is 39.9 Å². The molecular weight excluding hydrogens is 210 g/mol. The number of rotatable bonds is 6. The molecule has 3 nitrogen and oxygen atoms in total. The molecule has 0 bridgehead atoms. The summed E-state index contributed by atoms with van der Waals surface area (Å²) >= 11 is 0. The van der Waals surface area contributed by atoms with Crippen molar-refractivity contribution in [2.24, 2.45) is 11.1 Å². The van der Waals surface area contributed by atoms with Crippen LogP contribution in [0.4, 0.5) is 0 Å². The maximum Gasteiger partial charge on any atom is 0.0296 e. The van der Waals surface area contributed by atoms with E-state index in [0.29, 0.717) is 12.1 Å². The van der Waals surface area contributed by atoms with Crippen LogP contribution in [0, 0.1) is 5.41 Å². The van der Waals surface area contributed by atoms with Crippen LogP contribution in [-0.4, -0.2) is 55.1 Å². The van der Waals surface area contributed by atoms with Crippen molar-refractivity contribution in [3.05, 3.63) is 0 Å². The summed E-state index contributed by atoms with van der Waals surface area (Å²) in [4.78, 5) is 4.79. The van der Waals surface area contributed by atoms with E-state index in [0.717, 1.165) is 13.1 Å². The number of nitrogens with two attached hydrogens (primary N) is 1. The van der Waals surface area contributed by atoms with Crippen molar-refractivity contribution in [1.29, 1.82) is 0 Å². The number of likely N-dealkylation sites (N-methyl/N-ethyl adjacent to an activating group) is 2. The zero-order chi connectivity index (χ0) is 13.8. The lowest BCUT2D eigenvalue weighted by atomic mass is 9.81. The van der Waals surface area contributed by atoms with Gasteiger partial charge in [-0.3, -0.25) is 4.90 Å². The molecule has 0 fully saturated rings. The van der Waals surface area contributed by atoms with Gasteiger partial charge in [0.1, 0.15) is 0 Å². The average Bonchev–Trinajstić information content (AvgIpc) is 2.09. The van der Waals surface area contributed by atoms with Gasteiger partial charge in [0, 0.05) is 24.7 Å². The highest BCUT2D eigenvalue weighted by Crippen LogP contribution is 2.27. The molecule has 0 aliphatic heterocycles. The van der Waals surface area contributed by atoms with Crippen LogP contribution in [0.2, 0.25) is 0 Å². The molecule has 2 N–H and O–H groups in total. The summed E-state index contributed by atoms with van der Waals surface area (Å²) in [6.07, 6.45) is 0. The predicted octanol–water partition coefficient (Wildman–Crippen LogP) is 2.02. The molecule has 3 atom stereocenters. The van der Waals surface area contributed by atoms with Crippen LogP contribution in [-0.2, 0) is 0 Å². The lowest BCUT2D eigenvalue weighted by molar-refractivity contribution is 0.0449. The van der Waals surface area contributed by atoms with Gasteiger partial charge in [0.15, 0.2) is 0 Å². The van der Waals surface area contributed by atoms with Crippen LogP contribution in [0.3, 0.4) is 0 Å². The number of nitrogens with zero attached hydrogens (tertiary/aromatic N) is 2. The van der Waals surface area contributed by atoms with Crippen molar-refractivity contribution >= 4 is 0 Å². The molecule has 0 heterocycles. The molecule has 0 saturated carbocycles. The standard InChI is InChI=1S/C14H33N3/c1-9-17(11(2)10-16(7)8)13(12(3)15)14(4,5)6/h11-13H,9-10,15H2,1-8H3. The smallest absolute Gasteiger partial charge is 0.0296 e. The van der Waals surface area contributed by atoms with E-state index in [1.807, 2.05) is 0 Å². The molecule has 0 aliphatic rings. The van der Waals surface area contributed by atoms with Gasteiger partial charge in [0.2, 0.25) is 0 Å². The van der Waals surface area contributed by atoms with Gasteiger partial charge in [0.05, 0.1) is 0 Å². The Morgan fingerprint density at radius 2 is 1.59 bits per heavy atom. The second-order valence-electron chi connectivity index (χ2n) is 6.61. The lowest BCUT2D eigenvalue weighted by Gasteiger charge is -2.45. The van der Waals surface area contributed by atoms with Crippen molar-refractivity contribution < 1.29 is 0 Å². The number of hydrogen-bond acceptors (Lipinski definition) is 3. The van der Waals surface area contributed by atoms with Gasteiger partial charge < -0.3 is 10.6 Å². The Bertz CT molecular complexity index is 206. The van der Waals surface area contributed by atoms with E-state index in [2.05, 4.69) is 65.4 Å². The first-order chi connectivity index (χ1) is 7.61. The maximum atomic E-state index is 6.21. The van der Waals surface area contributed by atoms with E-state index in [1.165, 1.54) is 0 Å². The Labute approximate surface area is 108 Å². The van der Waals surface area contributed by atoms with Crippen LogP contribution in [0.1, 0.15) is 41.5 Å². The third kappa shape index (κ3) is 5.36. The third-order valence-corrected chi connectivity index (χ3v) is 3.30. The van der Waals surface area contributed by atoms with E-state index in [1.54, 1.807) is 0 Å². The van der Waals surface area contributed by atoms with Crippen molar-refractivity contribution in [3.63, 3.8) is 0 Å². The first kappa shape index (κ1) is 16.9. The van der Waals surface area contributed by atoms with Crippen LogP contribution < -0.4 is 5.73 Å². The Hall–Kier alpha value is -0.120. The Morgan fingerprint density at radius 1 is 1.12 bits per heavy atom. The van der Waals surface area contributed by atoms with E-state index < -0.39 is 0 Å². The normalized spacial score (nSPS) is 18.5. The molecule has 3 heteroatoms. The van der Waals surface area contributed by atoms with Crippen LogP contribution >= 0.6 is 0 Å². The molecule has 17 heavy (non-hydrogen) atoms. The SMILES string of the molecule is CCN(C(C)CN(C)C)C(C(C)N)C(C)(C)C. The minimum absolute atomic E-state index is 0.194. The van der Waals surface area contributed by atoms with Crippen molar-refractivity contribution in [2.75, 3.05) is 27.2 Å². The van der Waals surface area contributed by atoms with E-state index in [9.17, 15) is 0 Å². The molecule has 0 saturated heterocycles. The molecule has 0 rings (SSSR count). The minimum Gasteiger partial charge on any atom is -0.327 e. The molecule has 3 unspecified atom stereocenters. The van der Waals surface area contributed by atoms with Gasteiger partial charge >= 0.3 is 0 Å². The average molecular weight is 243 g/mol. The molecule has 0 aliphatic carbocycles. The molecule has 0 aromatic carbocycles. The Balaban J connectivity index is 4.91. The van der Waals surface area contributed by atoms with Crippen LogP contribution in [0.15, 0.2) is 0 Å². The maximum absolute atomic E-state index is 6.21. The van der Waals surface area contributed by atoms with Gasteiger partial charge in [-0.1, -0.05) is 27.7 Å². The first-order valence-electron chi connectivity index (χ1n) is 6.77. The molecule has 0 spiro atoms. The van der Waals surface area contributed by atoms with Gasteiger partial charge in [-0.25, -0.2) is 0 Å².